The second-order valence-electron chi connectivity index (χ2n) is 3.81. The van der Waals surface area contributed by atoms with Gasteiger partial charge in [-0.15, -0.1) is 11.3 Å². The van der Waals surface area contributed by atoms with Crippen LogP contribution in [0.2, 0.25) is 0 Å². The number of hydrogen-bond acceptors (Lipinski definition) is 4. The summed E-state index contributed by atoms with van der Waals surface area (Å²) in [5, 5.41) is 13.3. The van der Waals surface area contributed by atoms with Gasteiger partial charge < -0.3 is 15.2 Å². The molecule has 1 aromatic heterocycles. The lowest BCUT2D eigenvalue weighted by atomic mass is 10.2. The van der Waals surface area contributed by atoms with E-state index >= 15 is 0 Å². The summed E-state index contributed by atoms with van der Waals surface area (Å²) in [6, 6.07) is 5.98. The van der Waals surface area contributed by atoms with Crippen molar-refractivity contribution in [2.45, 2.75) is 6.54 Å². The van der Waals surface area contributed by atoms with E-state index in [1.54, 1.807) is 17.5 Å². The molecule has 1 heterocycles. The number of nitrogens with one attached hydrogen (secondary N) is 1. The number of thiophene rings is 1. The van der Waals surface area contributed by atoms with Crippen LogP contribution >= 0.6 is 11.3 Å². The molecule has 0 saturated heterocycles. The van der Waals surface area contributed by atoms with E-state index in [0.717, 1.165) is 4.88 Å². The van der Waals surface area contributed by atoms with Crippen LogP contribution in [0, 0.1) is 5.82 Å². The summed E-state index contributed by atoms with van der Waals surface area (Å²) in [5.74, 6) is -0.785. The molecule has 6 heteroatoms. The second-order valence-corrected chi connectivity index (χ2v) is 4.80. The van der Waals surface area contributed by atoms with Gasteiger partial charge in [-0.3, -0.25) is 0 Å². The minimum atomic E-state index is -0.963. The molecule has 0 radical (unpaired) electrons. The predicted molar refractivity (Wildman–Crippen MR) is 71.6 cm³/mol. The van der Waals surface area contributed by atoms with Crippen molar-refractivity contribution in [3.63, 3.8) is 0 Å². The zero-order valence-corrected chi connectivity index (χ0v) is 11.0. The van der Waals surface area contributed by atoms with Crippen LogP contribution in [0.25, 0.3) is 0 Å². The lowest BCUT2D eigenvalue weighted by Gasteiger charge is -2.08. The topological polar surface area (TPSA) is 58.6 Å². The van der Waals surface area contributed by atoms with E-state index in [0.29, 0.717) is 18.0 Å². The minimum Gasteiger partial charge on any atom is -0.497 e. The van der Waals surface area contributed by atoms with Crippen molar-refractivity contribution in [1.29, 1.82) is 0 Å². The highest BCUT2D eigenvalue weighted by molar-refractivity contribution is 7.10. The van der Waals surface area contributed by atoms with E-state index in [9.17, 15) is 9.18 Å². The van der Waals surface area contributed by atoms with Crippen molar-refractivity contribution in [1.82, 2.24) is 0 Å². The summed E-state index contributed by atoms with van der Waals surface area (Å²) in [6.07, 6.45) is 0. The van der Waals surface area contributed by atoms with Gasteiger partial charge in [0.05, 0.1) is 18.4 Å². The molecule has 0 spiro atoms. The number of carboxylic acid groups (broad SMARTS) is 1. The van der Waals surface area contributed by atoms with Gasteiger partial charge in [-0.1, -0.05) is 0 Å². The molecule has 0 aliphatic carbocycles. The third-order valence-corrected chi connectivity index (χ3v) is 3.46. The van der Waals surface area contributed by atoms with Crippen LogP contribution in [0.1, 0.15) is 15.2 Å². The Hall–Kier alpha value is -2.08. The first-order valence-corrected chi connectivity index (χ1v) is 6.36. The number of hydrogen-bond donors (Lipinski definition) is 2. The first-order chi connectivity index (χ1) is 9.10. The number of methoxy groups -OCH3 is 1. The van der Waals surface area contributed by atoms with Crippen LogP contribution < -0.4 is 10.1 Å². The zero-order valence-electron chi connectivity index (χ0n) is 10.1. The molecule has 0 bridgehead atoms. The number of carboxylic acids is 1. The molecule has 4 nitrogen and oxygen atoms in total. The molecule has 2 N–H and O–H groups in total. The van der Waals surface area contributed by atoms with E-state index in [1.807, 2.05) is 0 Å². The highest BCUT2D eigenvalue weighted by Gasteiger charge is 2.08. The van der Waals surface area contributed by atoms with E-state index in [1.165, 1.54) is 30.6 Å². The van der Waals surface area contributed by atoms with Gasteiger partial charge in [0, 0.05) is 22.9 Å². The lowest BCUT2D eigenvalue weighted by molar-refractivity contribution is 0.0697. The Bertz CT molecular complexity index is 597. The Balaban J connectivity index is 2.07. The summed E-state index contributed by atoms with van der Waals surface area (Å²) in [4.78, 5) is 11.6. The second kappa shape index (κ2) is 5.71. The highest BCUT2D eigenvalue weighted by atomic mass is 32.1. The lowest BCUT2D eigenvalue weighted by Crippen LogP contribution is -2.00. The Morgan fingerprint density at radius 2 is 2.26 bits per heavy atom. The molecule has 0 saturated carbocycles. The molecule has 19 heavy (non-hydrogen) atoms. The summed E-state index contributed by atoms with van der Waals surface area (Å²) in [7, 11) is 1.51. The van der Waals surface area contributed by atoms with E-state index in [-0.39, 0.29) is 11.4 Å². The summed E-state index contributed by atoms with van der Waals surface area (Å²) < 4.78 is 18.5. The molecular formula is C13H12FNO3S. The van der Waals surface area contributed by atoms with E-state index in [2.05, 4.69) is 5.32 Å². The maximum atomic E-state index is 13.5. The van der Waals surface area contributed by atoms with Crippen molar-refractivity contribution in [3.05, 3.63) is 45.9 Å². The standard InChI is InChI=1S/C13H12FNO3S/c1-18-9-2-3-11(14)12(5-9)15-6-10-4-8(7-19-10)13(16)17/h2-5,7,15H,6H2,1H3,(H,16,17). The fourth-order valence-electron chi connectivity index (χ4n) is 1.53. The molecule has 0 atom stereocenters. The molecule has 0 aliphatic heterocycles. The number of aromatic carboxylic acids is 1. The SMILES string of the molecule is COc1ccc(F)c(NCc2cc(C(=O)O)cs2)c1. The van der Waals surface area contributed by atoms with Crippen molar-refractivity contribution >= 4 is 23.0 Å². The number of benzene rings is 1. The third kappa shape index (κ3) is 3.23. The largest absolute Gasteiger partial charge is 0.497 e. The maximum absolute atomic E-state index is 13.5. The van der Waals surface area contributed by atoms with Crippen LogP contribution in [0.3, 0.4) is 0 Å². The first kappa shape index (κ1) is 13.4. The smallest absolute Gasteiger partial charge is 0.336 e. The van der Waals surface area contributed by atoms with Crippen molar-refractivity contribution in [2.24, 2.45) is 0 Å². The maximum Gasteiger partial charge on any atom is 0.336 e. The van der Waals surface area contributed by atoms with E-state index in [4.69, 9.17) is 9.84 Å². The van der Waals surface area contributed by atoms with Gasteiger partial charge in [0.15, 0.2) is 0 Å². The third-order valence-electron chi connectivity index (χ3n) is 2.53. The van der Waals surface area contributed by atoms with Gasteiger partial charge in [-0.25, -0.2) is 9.18 Å². The predicted octanol–water partition coefficient (Wildman–Crippen LogP) is 3.21. The van der Waals surface area contributed by atoms with Gasteiger partial charge in [0.2, 0.25) is 0 Å². The molecule has 0 amide bonds. The Morgan fingerprint density at radius 1 is 1.47 bits per heavy atom. The van der Waals surface area contributed by atoms with E-state index < -0.39 is 5.97 Å². The number of anilines is 1. The molecule has 100 valence electrons. The Labute approximate surface area is 113 Å². The molecule has 2 aromatic rings. The molecule has 0 aliphatic rings. The average molecular weight is 281 g/mol. The normalized spacial score (nSPS) is 10.2. The van der Waals surface area contributed by atoms with Gasteiger partial charge >= 0.3 is 5.97 Å². The van der Waals surface area contributed by atoms with Crippen LogP contribution in [0.5, 0.6) is 5.75 Å². The quantitative estimate of drug-likeness (QED) is 0.883. The zero-order chi connectivity index (χ0) is 13.8. The first-order valence-electron chi connectivity index (χ1n) is 5.48. The van der Waals surface area contributed by atoms with Crippen molar-refractivity contribution in [3.8, 4) is 5.75 Å². The molecule has 2 rings (SSSR count). The molecule has 0 unspecified atom stereocenters. The Morgan fingerprint density at radius 3 is 2.89 bits per heavy atom. The highest BCUT2D eigenvalue weighted by Crippen LogP contribution is 2.23. The minimum absolute atomic E-state index is 0.243. The number of halogens is 1. The average Bonchev–Trinajstić information content (AvgIpc) is 2.87. The van der Waals surface area contributed by atoms with Gasteiger partial charge in [0.25, 0.3) is 0 Å². The molecule has 0 fully saturated rings. The van der Waals surface area contributed by atoms with Crippen molar-refractivity contribution in [2.75, 3.05) is 12.4 Å². The van der Waals surface area contributed by atoms with Gasteiger partial charge in [-0.2, -0.15) is 0 Å². The molecule has 1 aromatic carbocycles. The van der Waals surface area contributed by atoms with Gasteiger partial charge in [0.1, 0.15) is 11.6 Å². The summed E-state index contributed by atoms with van der Waals surface area (Å²) >= 11 is 1.32. The fourth-order valence-corrected chi connectivity index (χ4v) is 2.33. The summed E-state index contributed by atoms with van der Waals surface area (Å²) in [6.45, 7) is 0.363. The fraction of sp³-hybridized carbons (Fsp3) is 0.154. The number of carbonyl (C=O) groups is 1. The summed E-state index contributed by atoms with van der Waals surface area (Å²) in [5.41, 5.74) is 0.567. The van der Waals surface area contributed by atoms with Crippen LogP contribution in [0.15, 0.2) is 29.6 Å². The molecular weight excluding hydrogens is 269 g/mol. The van der Waals surface area contributed by atoms with Crippen LogP contribution in [0.4, 0.5) is 10.1 Å². The number of rotatable bonds is 5. The number of ether oxygens (including phenoxy) is 1. The van der Waals surface area contributed by atoms with Crippen LogP contribution in [-0.4, -0.2) is 18.2 Å². The van der Waals surface area contributed by atoms with Gasteiger partial charge in [-0.05, 0) is 18.2 Å². The van der Waals surface area contributed by atoms with Crippen molar-refractivity contribution < 1.29 is 19.0 Å². The van der Waals surface area contributed by atoms with Crippen LogP contribution in [-0.2, 0) is 6.54 Å². The Kier molecular flexibility index (Phi) is 4.01. The monoisotopic (exact) mass is 281 g/mol.